The maximum atomic E-state index is 12.0. The third-order valence-electron chi connectivity index (χ3n) is 3.20. The lowest BCUT2D eigenvalue weighted by molar-refractivity contribution is -0.132. The molecule has 1 saturated heterocycles. The van der Waals surface area contributed by atoms with Crippen molar-refractivity contribution in [2.75, 3.05) is 45.8 Å². The second-order valence-electron chi connectivity index (χ2n) is 4.13. The van der Waals surface area contributed by atoms with Gasteiger partial charge in [0.05, 0.1) is 6.54 Å². The van der Waals surface area contributed by atoms with Gasteiger partial charge in [0.25, 0.3) is 0 Å². The molecule has 0 aromatic carbocycles. The van der Waals surface area contributed by atoms with Crippen molar-refractivity contribution in [3.05, 3.63) is 0 Å². The summed E-state index contributed by atoms with van der Waals surface area (Å²) in [6.45, 7) is 9.46. The molecule has 16 heavy (non-hydrogen) atoms. The number of likely N-dealkylation sites (N-methyl/N-ethyl adjacent to an activating group) is 1. The minimum absolute atomic E-state index is 0.213. The molecule has 5 nitrogen and oxygen atoms in total. The number of carbonyl (C=O) groups excluding carboxylic acids is 1. The Kier molecular flexibility index (Phi) is 5.73. The maximum absolute atomic E-state index is 12.0. The number of amides is 1. The molecular weight excluding hydrogens is 204 g/mol. The lowest BCUT2D eigenvalue weighted by Crippen LogP contribution is -2.56. The number of rotatable bonds is 5. The second kappa shape index (κ2) is 6.83. The maximum Gasteiger partial charge on any atom is 0.236 e. The molecule has 0 aromatic heterocycles. The van der Waals surface area contributed by atoms with Crippen LogP contribution in [-0.4, -0.2) is 67.6 Å². The molecule has 1 unspecified atom stereocenters. The first-order chi connectivity index (χ1) is 7.72. The topological polar surface area (TPSA) is 61.6 Å². The summed E-state index contributed by atoms with van der Waals surface area (Å²) in [6.07, 6.45) is 0. The number of nitrogens with one attached hydrogen (secondary N) is 1. The second-order valence-corrected chi connectivity index (χ2v) is 4.13. The fraction of sp³-hybridized carbons (Fsp3) is 0.909. The standard InChI is InChI=1S/C11H24N4O/c1-3-14(4-2)11(16)9-15-6-5-13-8-10(15)7-12/h10,13H,3-9,12H2,1-2H3. The summed E-state index contributed by atoms with van der Waals surface area (Å²) in [5.41, 5.74) is 5.70. The quantitative estimate of drug-likeness (QED) is 0.639. The van der Waals surface area contributed by atoms with Gasteiger partial charge in [-0.2, -0.15) is 0 Å². The Labute approximate surface area is 98.0 Å². The van der Waals surface area contributed by atoms with Crippen LogP contribution in [0, 0.1) is 0 Å². The SMILES string of the molecule is CCN(CC)C(=O)CN1CCNCC1CN. The molecule has 1 aliphatic rings. The lowest BCUT2D eigenvalue weighted by Gasteiger charge is -2.36. The summed E-state index contributed by atoms with van der Waals surface area (Å²) < 4.78 is 0. The van der Waals surface area contributed by atoms with Crippen molar-refractivity contribution in [2.24, 2.45) is 5.73 Å². The van der Waals surface area contributed by atoms with Gasteiger partial charge in [0.1, 0.15) is 0 Å². The monoisotopic (exact) mass is 228 g/mol. The van der Waals surface area contributed by atoms with Crippen molar-refractivity contribution < 1.29 is 4.79 Å². The summed E-state index contributed by atoms with van der Waals surface area (Å²) in [5.74, 6) is 0.213. The van der Waals surface area contributed by atoms with Crippen LogP contribution in [-0.2, 0) is 4.79 Å². The van der Waals surface area contributed by atoms with Gasteiger partial charge in [-0.05, 0) is 13.8 Å². The Morgan fingerprint density at radius 2 is 2.19 bits per heavy atom. The molecule has 0 bridgehead atoms. The van der Waals surface area contributed by atoms with Crippen LogP contribution >= 0.6 is 0 Å². The van der Waals surface area contributed by atoms with Gasteiger partial charge in [-0.25, -0.2) is 0 Å². The van der Waals surface area contributed by atoms with E-state index >= 15 is 0 Å². The van der Waals surface area contributed by atoms with Crippen LogP contribution in [0.4, 0.5) is 0 Å². The molecule has 1 heterocycles. The van der Waals surface area contributed by atoms with Crippen molar-refractivity contribution in [1.29, 1.82) is 0 Å². The molecule has 3 N–H and O–H groups in total. The van der Waals surface area contributed by atoms with Gasteiger partial charge in [-0.3, -0.25) is 9.69 Å². The van der Waals surface area contributed by atoms with Crippen LogP contribution in [0.1, 0.15) is 13.8 Å². The van der Waals surface area contributed by atoms with E-state index in [1.807, 2.05) is 18.7 Å². The normalized spacial score (nSPS) is 22.1. The van der Waals surface area contributed by atoms with E-state index in [0.717, 1.165) is 32.7 Å². The van der Waals surface area contributed by atoms with Crippen LogP contribution in [0.3, 0.4) is 0 Å². The molecular formula is C11H24N4O. The van der Waals surface area contributed by atoms with E-state index < -0.39 is 0 Å². The Morgan fingerprint density at radius 1 is 1.50 bits per heavy atom. The first kappa shape index (κ1) is 13.4. The van der Waals surface area contributed by atoms with Crippen LogP contribution < -0.4 is 11.1 Å². The van der Waals surface area contributed by atoms with Crippen molar-refractivity contribution in [3.8, 4) is 0 Å². The van der Waals surface area contributed by atoms with E-state index in [0.29, 0.717) is 19.1 Å². The third kappa shape index (κ3) is 3.43. The molecule has 1 amide bonds. The molecule has 0 spiro atoms. The number of hydrogen-bond donors (Lipinski definition) is 2. The molecule has 0 radical (unpaired) electrons. The predicted octanol–water partition coefficient (Wildman–Crippen LogP) is -0.913. The molecule has 5 heteroatoms. The predicted molar refractivity (Wildman–Crippen MR) is 65.2 cm³/mol. The van der Waals surface area contributed by atoms with Crippen LogP contribution in [0.5, 0.6) is 0 Å². The van der Waals surface area contributed by atoms with Crippen LogP contribution in [0.2, 0.25) is 0 Å². The number of carbonyl (C=O) groups is 1. The molecule has 1 fully saturated rings. The van der Waals surface area contributed by atoms with Gasteiger partial charge in [0.15, 0.2) is 0 Å². The number of nitrogens with zero attached hydrogens (tertiary/aromatic N) is 2. The summed E-state index contributed by atoms with van der Waals surface area (Å²) in [4.78, 5) is 16.0. The van der Waals surface area contributed by atoms with Gasteiger partial charge < -0.3 is 16.0 Å². The summed E-state index contributed by atoms with van der Waals surface area (Å²) >= 11 is 0. The number of nitrogens with two attached hydrogens (primary N) is 1. The highest BCUT2D eigenvalue weighted by Gasteiger charge is 2.24. The first-order valence-corrected chi connectivity index (χ1v) is 6.15. The highest BCUT2D eigenvalue weighted by Crippen LogP contribution is 2.03. The molecule has 1 atom stereocenters. The Morgan fingerprint density at radius 3 is 2.75 bits per heavy atom. The smallest absolute Gasteiger partial charge is 0.236 e. The summed E-state index contributed by atoms with van der Waals surface area (Å²) in [5, 5.41) is 3.30. The van der Waals surface area contributed by atoms with E-state index in [9.17, 15) is 4.79 Å². The van der Waals surface area contributed by atoms with Gasteiger partial charge in [0, 0.05) is 45.3 Å². The van der Waals surface area contributed by atoms with E-state index in [4.69, 9.17) is 5.73 Å². The summed E-state index contributed by atoms with van der Waals surface area (Å²) in [6, 6.07) is 0.299. The first-order valence-electron chi connectivity index (χ1n) is 6.15. The fourth-order valence-corrected chi connectivity index (χ4v) is 2.09. The van der Waals surface area contributed by atoms with Crippen molar-refractivity contribution in [1.82, 2.24) is 15.1 Å². The van der Waals surface area contributed by atoms with Crippen molar-refractivity contribution in [3.63, 3.8) is 0 Å². The molecule has 0 saturated carbocycles. The number of hydrogen-bond acceptors (Lipinski definition) is 4. The van der Waals surface area contributed by atoms with Crippen molar-refractivity contribution >= 4 is 5.91 Å². The van der Waals surface area contributed by atoms with Gasteiger partial charge >= 0.3 is 0 Å². The van der Waals surface area contributed by atoms with Gasteiger partial charge in [0.2, 0.25) is 5.91 Å². The lowest BCUT2D eigenvalue weighted by atomic mass is 10.2. The van der Waals surface area contributed by atoms with Crippen LogP contribution in [0.25, 0.3) is 0 Å². The molecule has 0 aromatic rings. The highest BCUT2D eigenvalue weighted by molar-refractivity contribution is 5.78. The van der Waals surface area contributed by atoms with Gasteiger partial charge in [-0.15, -0.1) is 0 Å². The minimum Gasteiger partial charge on any atom is -0.342 e. The fourth-order valence-electron chi connectivity index (χ4n) is 2.09. The average molecular weight is 228 g/mol. The average Bonchev–Trinajstić information content (AvgIpc) is 2.31. The minimum atomic E-state index is 0.213. The number of piperazine rings is 1. The summed E-state index contributed by atoms with van der Waals surface area (Å²) in [7, 11) is 0. The van der Waals surface area contributed by atoms with Crippen molar-refractivity contribution in [2.45, 2.75) is 19.9 Å². The molecule has 1 aliphatic heterocycles. The largest absolute Gasteiger partial charge is 0.342 e. The molecule has 0 aliphatic carbocycles. The zero-order chi connectivity index (χ0) is 12.0. The van der Waals surface area contributed by atoms with E-state index in [1.54, 1.807) is 0 Å². The van der Waals surface area contributed by atoms with E-state index in [1.165, 1.54) is 0 Å². The van der Waals surface area contributed by atoms with E-state index in [2.05, 4.69) is 10.2 Å². The third-order valence-corrected chi connectivity index (χ3v) is 3.20. The molecule has 94 valence electrons. The van der Waals surface area contributed by atoms with Crippen LogP contribution in [0.15, 0.2) is 0 Å². The van der Waals surface area contributed by atoms with E-state index in [-0.39, 0.29) is 5.91 Å². The Balaban J connectivity index is 2.47. The Bertz CT molecular complexity index is 218. The highest BCUT2D eigenvalue weighted by atomic mass is 16.2. The molecule has 1 rings (SSSR count). The Hall–Kier alpha value is -0.650. The zero-order valence-electron chi connectivity index (χ0n) is 10.4. The zero-order valence-corrected chi connectivity index (χ0v) is 10.4. The van der Waals surface area contributed by atoms with Gasteiger partial charge in [-0.1, -0.05) is 0 Å².